The molecule has 0 aromatic heterocycles. The van der Waals surface area contributed by atoms with Crippen LogP contribution in [0.15, 0.2) is 42.5 Å². The number of nitrogens with zero attached hydrogens (tertiary/aromatic N) is 1. The summed E-state index contributed by atoms with van der Waals surface area (Å²) in [4.78, 5) is 26.7. The second-order valence-electron chi connectivity index (χ2n) is 7.45. The van der Waals surface area contributed by atoms with Crippen molar-refractivity contribution in [2.75, 3.05) is 18.4 Å². The Hall–Kier alpha value is -2.24. The minimum absolute atomic E-state index is 0.0237. The molecule has 0 spiro atoms. The molecule has 2 amide bonds. The zero-order valence-electron chi connectivity index (χ0n) is 16.5. The smallest absolute Gasteiger partial charge is 0.227 e. The minimum atomic E-state index is -0.139. The highest BCUT2D eigenvalue weighted by atomic mass is 35.5. The normalized spacial score (nSPS) is 14.7. The van der Waals surface area contributed by atoms with Gasteiger partial charge in [0.1, 0.15) is 5.75 Å². The monoisotopic (exact) mass is 434 g/mol. The first-order chi connectivity index (χ1) is 13.8. The molecule has 2 aromatic rings. The maximum atomic E-state index is 12.8. The highest BCUT2D eigenvalue weighted by Gasteiger charge is 2.28. The van der Waals surface area contributed by atoms with Crippen LogP contribution in [0.5, 0.6) is 11.5 Å². The number of piperidine rings is 1. The lowest BCUT2D eigenvalue weighted by Gasteiger charge is -2.32. The average Bonchev–Trinajstić information content (AvgIpc) is 2.68. The van der Waals surface area contributed by atoms with Gasteiger partial charge in [0, 0.05) is 35.0 Å². The third-order valence-corrected chi connectivity index (χ3v) is 5.32. The Labute approximate surface area is 180 Å². The van der Waals surface area contributed by atoms with Gasteiger partial charge in [-0.05, 0) is 43.2 Å². The molecule has 1 fully saturated rings. The second-order valence-corrected chi connectivity index (χ2v) is 8.32. The lowest BCUT2D eigenvalue weighted by atomic mass is 9.95. The van der Waals surface area contributed by atoms with Crippen LogP contribution in [0.2, 0.25) is 10.0 Å². The summed E-state index contributed by atoms with van der Waals surface area (Å²) in [6.07, 6.45) is 1.30. The summed E-state index contributed by atoms with van der Waals surface area (Å²) in [6, 6.07) is 12.2. The zero-order valence-corrected chi connectivity index (χ0v) is 18.0. The van der Waals surface area contributed by atoms with Crippen molar-refractivity contribution in [2.45, 2.75) is 26.7 Å². The van der Waals surface area contributed by atoms with Gasteiger partial charge in [0.15, 0.2) is 5.75 Å². The van der Waals surface area contributed by atoms with Gasteiger partial charge < -0.3 is 15.0 Å². The van der Waals surface area contributed by atoms with Crippen molar-refractivity contribution in [1.29, 1.82) is 0 Å². The van der Waals surface area contributed by atoms with Gasteiger partial charge in [-0.3, -0.25) is 9.59 Å². The molecule has 1 aliphatic rings. The highest BCUT2D eigenvalue weighted by Crippen LogP contribution is 2.33. The Kier molecular flexibility index (Phi) is 7.04. The molecule has 0 bridgehead atoms. The zero-order chi connectivity index (χ0) is 21.0. The predicted molar refractivity (Wildman–Crippen MR) is 116 cm³/mol. The van der Waals surface area contributed by atoms with E-state index in [4.69, 9.17) is 27.9 Å². The molecule has 1 N–H and O–H groups in total. The summed E-state index contributed by atoms with van der Waals surface area (Å²) in [6.45, 7) is 5.00. The topological polar surface area (TPSA) is 58.6 Å². The van der Waals surface area contributed by atoms with Crippen molar-refractivity contribution in [1.82, 2.24) is 4.90 Å². The molecule has 0 saturated carbocycles. The summed E-state index contributed by atoms with van der Waals surface area (Å²) in [5.74, 6) is 0.908. The average molecular weight is 435 g/mol. The number of hydrogen-bond donors (Lipinski definition) is 1. The fourth-order valence-corrected chi connectivity index (χ4v) is 3.84. The van der Waals surface area contributed by atoms with Crippen LogP contribution in [0.4, 0.5) is 5.69 Å². The van der Waals surface area contributed by atoms with E-state index in [1.165, 1.54) is 0 Å². The van der Waals surface area contributed by atoms with Crippen molar-refractivity contribution in [3.05, 3.63) is 52.5 Å². The van der Waals surface area contributed by atoms with Crippen LogP contribution in [0.3, 0.4) is 0 Å². The van der Waals surface area contributed by atoms with Crippen molar-refractivity contribution in [2.24, 2.45) is 11.8 Å². The Bertz CT molecular complexity index is 873. The summed E-state index contributed by atoms with van der Waals surface area (Å²) in [5.41, 5.74) is 0.578. The van der Waals surface area contributed by atoms with Crippen LogP contribution in [0.1, 0.15) is 26.7 Å². The molecule has 2 aromatic carbocycles. The van der Waals surface area contributed by atoms with Crippen LogP contribution in [0.25, 0.3) is 0 Å². The minimum Gasteiger partial charge on any atom is -0.455 e. The van der Waals surface area contributed by atoms with Crippen molar-refractivity contribution in [3.63, 3.8) is 0 Å². The van der Waals surface area contributed by atoms with Crippen LogP contribution in [-0.4, -0.2) is 29.8 Å². The van der Waals surface area contributed by atoms with E-state index in [9.17, 15) is 9.59 Å². The number of rotatable bonds is 5. The summed E-state index contributed by atoms with van der Waals surface area (Å²) < 4.78 is 5.90. The number of anilines is 1. The van der Waals surface area contributed by atoms with Crippen LogP contribution in [-0.2, 0) is 9.59 Å². The summed E-state index contributed by atoms with van der Waals surface area (Å²) >= 11 is 12.1. The third-order valence-electron chi connectivity index (χ3n) is 4.88. The van der Waals surface area contributed by atoms with Crippen LogP contribution in [0, 0.1) is 11.8 Å². The fraction of sp³-hybridized carbons (Fsp3) is 0.364. The lowest BCUT2D eigenvalue weighted by molar-refractivity contribution is -0.137. The maximum absolute atomic E-state index is 12.8. The molecule has 0 aliphatic carbocycles. The van der Waals surface area contributed by atoms with Crippen molar-refractivity contribution >= 4 is 40.7 Å². The van der Waals surface area contributed by atoms with E-state index in [0.717, 1.165) is 0 Å². The first kappa shape index (κ1) is 21.5. The molecule has 0 radical (unpaired) electrons. The number of ether oxygens (including phenoxy) is 1. The van der Waals surface area contributed by atoms with Crippen LogP contribution < -0.4 is 10.1 Å². The van der Waals surface area contributed by atoms with Crippen molar-refractivity contribution < 1.29 is 14.3 Å². The van der Waals surface area contributed by atoms with Gasteiger partial charge in [-0.15, -0.1) is 0 Å². The van der Waals surface area contributed by atoms with Gasteiger partial charge in [-0.25, -0.2) is 0 Å². The van der Waals surface area contributed by atoms with Gasteiger partial charge in [0.2, 0.25) is 11.8 Å². The van der Waals surface area contributed by atoms with Crippen LogP contribution >= 0.6 is 23.2 Å². The van der Waals surface area contributed by atoms with Gasteiger partial charge >= 0.3 is 0 Å². The molecule has 1 aliphatic heterocycles. The molecular weight excluding hydrogens is 411 g/mol. The molecule has 0 unspecified atom stereocenters. The summed E-state index contributed by atoms with van der Waals surface area (Å²) in [7, 11) is 0. The van der Waals surface area contributed by atoms with Gasteiger partial charge in [0.25, 0.3) is 0 Å². The molecule has 0 atom stereocenters. The molecule has 5 nitrogen and oxygen atoms in total. The number of amides is 2. The molecule has 29 heavy (non-hydrogen) atoms. The number of para-hydroxylation sites is 2. The van der Waals surface area contributed by atoms with E-state index < -0.39 is 0 Å². The summed E-state index contributed by atoms with van der Waals surface area (Å²) in [5, 5.41) is 3.90. The van der Waals surface area contributed by atoms with E-state index in [1.54, 1.807) is 30.3 Å². The molecular formula is C22H24Cl2N2O3. The Morgan fingerprint density at radius 3 is 2.31 bits per heavy atom. The molecule has 3 rings (SSSR count). The first-order valence-electron chi connectivity index (χ1n) is 9.66. The SMILES string of the molecule is CC(C)C(=O)N1CCC(C(=O)Nc2ccccc2Oc2cc(Cl)cc(Cl)c2)CC1. The van der Waals surface area contributed by atoms with E-state index in [-0.39, 0.29) is 23.7 Å². The van der Waals surface area contributed by atoms with E-state index >= 15 is 0 Å². The Morgan fingerprint density at radius 2 is 1.69 bits per heavy atom. The first-order valence-corrected chi connectivity index (χ1v) is 10.4. The van der Waals surface area contributed by atoms with Crippen molar-refractivity contribution in [3.8, 4) is 11.5 Å². The largest absolute Gasteiger partial charge is 0.455 e. The van der Waals surface area contributed by atoms with E-state index in [1.807, 2.05) is 30.9 Å². The molecule has 1 saturated heterocycles. The quantitative estimate of drug-likeness (QED) is 0.663. The Balaban J connectivity index is 1.65. The fourth-order valence-electron chi connectivity index (χ4n) is 3.34. The lowest BCUT2D eigenvalue weighted by Crippen LogP contribution is -2.43. The van der Waals surface area contributed by atoms with Gasteiger partial charge in [-0.1, -0.05) is 49.2 Å². The van der Waals surface area contributed by atoms with Gasteiger partial charge in [-0.2, -0.15) is 0 Å². The highest BCUT2D eigenvalue weighted by molar-refractivity contribution is 6.34. The van der Waals surface area contributed by atoms with Gasteiger partial charge in [0.05, 0.1) is 5.69 Å². The third kappa shape index (κ3) is 5.64. The molecule has 7 heteroatoms. The second kappa shape index (κ2) is 9.51. The number of nitrogens with one attached hydrogen (secondary N) is 1. The number of carbonyl (C=O) groups excluding carboxylic acids is 2. The Morgan fingerprint density at radius 1 is 1.07 bits per heavy atom. The molecule has 1 heterocycles. The number of benzene rings is 2. The van der Waals surface area contributed by atoms with E-state index in [0.29, 0.717) is 53.2 Å². The predicted octanol–water partition coefficient (Wildman–Crippen LogP) is 5.62. The standard InChI is InChI=1S/C22H24Cl2N2O3/c1-14(2)22(28)26-9-7-15(8-10-26)21(27)25-19-5-3-4-6-20(19)29-18-12-16(23)11-17(24)13-18/h3-6,11-15H,7-10H2,1-2H3,(H,25,27). The number of likely N-dealkylation sites (tertiary alicyclic amines) is 1. The van der Waals surface area contributed by atoms with E-state index in [2.05, 4.69) is 5.32 Å². The maximum Gasteiger partial charge on any atom is 0.227 e. The molecule has 154 valence electrons. The number of halogens is 2. The number of carbonyl (C=O) groups is 2. The number of hydrogen-bond acceptors (Lipinski definition) is 3.